The van der Waals surface area contributed by atoms with Crippen LogP contribution >= 0.6 is 11.3 Å². The van der Waals surface area contributed by atoms with Crippen molar-refractivity contribution in [3.05, 3.63) is 22.4 Å². The molecule has 1 fully saturated rings. The minimum atomic E-state index is -3.36. The fraction of sp³-hybridized carbons (Fsp3) is 0.714. The van der Waals surface area contributed by atoms with Gasteiger partial charge < -0.3 is 5.32 Å². The number of nitrogens with zero attached hydrogens (tertiary/aromatic N) is 1. The summed E-state index contributed by atoms with van der Waals surface area (Å²) in [4.78, 5) is 1.21. The van der Waals surface area contributed by atoms with Gasteiger partial charge in [0.1, 0.15) is 0 Å². The van der Waals surface area contributed by atoms with Crippen LogP contribution in [0.1, 0.15) is 24.6 Å². The molecule has 0 radical (unpaired) electrons. The van der Waals surface area contributed by atoms with Crippen LogP contribution in [0.2, 0.25) is 0 Å². The molecule has 1 atom stereocenters. The van der Waals surface area contributed by atoms with E-state index in [1.54, 1.807) is 15.6 Å². The number of piperidine rings is 1. The van der Waals surface area contributed by atoms with Gasteiger partial charge in [-0.2, -0.15) is 17.4 Å². The first-order valence-corrected chi connectivity index (χ1v) is 9.77. The summed E-state index contributed by atoms with van der Waals surface area (Å²) in [6, 6.07) is 3.95. The molecule has 0 spiro atoms. The van der Waals surface area contributed by atoms with Gasteiger partial charge in [0.05, 0.1) is 0 Å². The molecule has 1 aromatic heterocycles. The maximum atomic E-state index is 12.4. The van der Waals surface area contributed by atoms with Crippen molar-refractivity contribution in [1.82, 2.24) is 14.3 Å². The highest BCUT2D eigenvalue weighted by Crippen LogP contribution is 2.19. The average Bonchev–Trinajstić information content (AvgIpc) is 2.92. The second kappa shape index (κ2) is 7.69. The van der Waals surface area contributed by atoms with Crippen molar-refractivity contribution in [3.8, 4) is 0 Å². The van der Waals surface area contributed by atoms with Crippen molar-refractivity contribution < 1.29 is 8.42 Å². The van der Waals surface area contributed by atoms with E-state index < -0.39 is 10.2 Å². The number of hydrogen-bond acceptors (Lipinski definition) is 4. The molecule has 21 heavy (non-hydrogen) atoms. The molecule has 2 N–H and O–H groups in total. The molecule has 0 aromatic carbocycles. The quantitative estimate of drug-likeness (QED) is 0.795. The van der Waals surface area contributed by atoms with E-state index in [1.165, 1.54) is 4.88 Å². The standard InChI is InChI=1S/C14H25N3O2S2/c1-12(10-14-4-3-9-20-14)16-21(18,19)17-7-5-13(6-8-17)11-15-2/h3-4,9,12-13,15-16H,5-8,10-11H2,1-2H3. The summed E-state index contributed by atoms with van der Waals surface area (Å²) >= 11 is 1.66. The van der Waals surface area contributed by atoms with Crippen LogP contribution in [0.5, 0.6) is 0 Å². The van der Waals surface area contributed by atoms with Crippen molar-refractivity contribution in [3.63, 3.8) is 0 Å². The zero-order chi connectivity index (χ0) is 15.3. The van der Waals surface area contributed by atoms with E-state index in [1.807, 2.05) is 31.5 Å². The molecule has 1 aromatic rings. The number of thiophene rings is 1. The lowest BCUT2D eigenvalue weighted by molar-refractivity contribution is 0.267. The van der Waals surface area contributed by atoms with Crippen LogP contribution in [-0.2, 0) is 16.6 Å². The largest absolute Gasteiger partial charge is 0.319 e. The fourth-order valence-electron chi connectivity index (χ4n) is 2.74. The molecule has 0 bridgehead atoms. The molecule has 1 aliphatic heterocycles. The maximum Gasteiger partial charge on any atom is 0.279 e. The summed E-state index contributed by atoms with van der Waals surface area (Å²) in [6.07, 6.45) is 2.61. The Hall–Kier alpha value is -0.470. The zero-order valence-electron chi connectivity index (χ0n) is 12.7. The van der Waals surface area contributed by atoms with Crippen molar-refractivity contribution in [1.29, 1.82) is 0 Å². The molecule has 2 heterocycles. The third-order valence-corrected chi connectivity index (χ3v) is 6.49. The Morgan fingerprint density at radius 2 is 2.14 bits per heavy atom. The zero-order valence-corrected chi connectivity index (χ0v) is 14.3. The molecular weight excluding hydrogens is 306 g/mol. The van der Waals surface area contributed by atoms with Crippen LogP contribution in [0, 0.1) is 5.92 Å². The smallest absolute Gasteiger partial charge is 0.279 e. The first-order valence-electron chi connectivity index (χ1n) is 7.45. The highest BCUT2D eigenvalue weighted by molar-refractivity contribution is 7.87. The van der Waals surface area contributed by atoms with E-state index in [4.69, 9.17) is 0 Å². The molecule has 2 rings (SSSR count). The molecule has 0 saturated carbocycles. The van der Waals surface area contributed by atoms with Crippen molar-refractivity contribution in [2.24, 2.45) is 5.92 Å². The van der Waals surface area contributed by atoms with Gasteiger partial charge in [-0.3, -0.25) is 0 Å². The van der Waals surface area contributed by atoms with Gasteiger partial charge in [-0.05, 0) is 57.1 Å². The van der Waals surface area contributed by atoms with Crippen molar-refractivity contribution in [2.75, 3.05) is 26.7 Å². The minimum absolute atomic E-state index is 0.0799. The van der Waals surface area contributed by atoms with Crippen LogP contribution in [0.3, 0.4) is 0 Å². The Morgan fingerprint density at radius 1 is 1.43 bits per heavy atom. The van der Waals surface area contributed by atoms with Gasteiger partial charge in [-0.25, -0.2) is 0 Å². The van der Waals surface area contributed by atoms with Gasteiger partial charge in [-0.15, -0.1) is 11.3 Å². The third kappa shape index (κ3) is 5.03. The lowest BCUT2D eigenvalue weighted by Gasteiger charge is -2.31. The topological polar surface area (TPSA) is 61.4 Å². The predicted octanol–water partition coefficient (Wildman–Crippen LogP) is 1.44. The van der Waals surface area contributed by atoms with Crippen LogP contribution in [0.15, 0.2) is 17.5 Å². The summed E-state index contributed by atoms with van der Waals surface area (Å²) in [7, 11) is -1.42. The normalized spacial score (nSPS) is 19.7. The van der Waals surface area contributed by atoms with Gasteiger partial charge in [0.15, 0.2) is 0 Å². The van der Waals surface area contributed by atoms with E-state index in [0.29, 0.717) is 19.0 Å². The molecule has 0 amide bonds. The second-order valence-corrected chi connectivity index (χ2v) is 8.44. The summed E-state index contributed by atoms with van der Waals surface area (Å²) < 4.78 is 29.2. The molecule has 0 aliphatic carbocycles. The third-order valence-electron chi connectivity index (χ3n) is 3.84. The Morgan fingerprint density at radius 3 is 2.71 bits per heavy atom. The van der Waals surface area contributed by atoms with E-state index in [9.17, 15) is 8.42 Å². The molecule has 7 heteroatoms. The van der Waals surface area contributed by atoms with E-state index in [0.717, 1.165) is 25.8 Å². The molecule has 5 nitrogen and oxygen atoms in total. The molecular formula is C14H25N3O2S2. The summed E-state index contributed by atoms with van der Waals surface area (Å²) in [5, 5.41) is 5.18. The second-order valence-electron chi connectivity index (χ2n) is 5.71. The highest BCUT2D eigenvalue weighted by atomic mass is 32.2. The lowest BCUT2D eigenvalue weighted by atomic mass is 9.98. The Balaban J connectivity index is 1.84. The predicted molar refractivity (Wildman–Crippen MR) is 87.8 cm³/mol. The first-order chi connectivity index (χ1) is 10.0. The Labute approximate surface area is 131 Å². The lowest BCUT2D eigenvalue weighted by Crippen LogP contribution is -2.48. The van der Waals surface area contributed by atoms with Crippen LogP contribution in [0.4, 0.5) is 0 Å². The average molecular weight is 332 g/mol. The van der Waals surface area contributed by atoms with Gasteiger partial charge in [0, 0.05) is 24.0 Å². The number of nitrogens with one attached hydrogen (secondary N) is 2. The Kier molecular flexibility index (Phi) is 6.19. The van der Waals surface area contributed by atoms with Crippen LogP contribution < -0.4 is 10.0 Å². The minimum Gasteiger partial charge on any atom is -0.319 e. The summed E-state index contributed by atoms with van der Waals surface area (Å²) in [5.74, 6) is 0.588. The van der Waals surface area contributed by atoms with Gasteiger partial charge >= 0.3 is 0 Å². The molecule has 1 saturated heterocycles. The van der Waals surface area contributed by atoms with Crippen molar-refractivity contribution >= 4 is 21.5 Å². The van der Waals surface area contributed by atoms with Crippen LogP contribution in [0.25, 0.3) is 0 Å². The van der Waals surface area contributed by atoms with Gasteiger partial charge in [0.2, 0.25) is 0 Å². The molecule has 1 aliphatic rings. The number of hydrogen-bond donors (Lipinski definition) is 2. The van der Waals surface area contributed by atoms with Crippen molar-refractivity contribution in [2.45, 2.75) is 32.2 Å². The van der Waals surface area contributed by atoms with Gasteiger partial charge in [-0.1, -0.05) is 6.07 Å². The first kappa shape index (κ1) is 16.9. The van der Waals surface area contributed by atoms with E-state index >= 15 is 0 Å². The maximum absolute atomic E-state index is 12.4. The Bertz CT molecular complexity index is 508. The fourth-order valence-corrected chi connectivity index (χ4v) is 5.01. The summed E-state index contributed by atoms with van der Waals surface area (Å²) in [5.41, 5.74) is 0. The SMILES string of the molecule is CNCC1CCN(S(=O)(=O)NC(C)Cc2cccs2)CC1. The molecule has 1 unspecified atom stereocenters. The van der Waals surface area contributed by atoms with E-state index in [-0.39, 0.29) is 6.04 Å². The monoisotopic (exact) mass is 331 g/mol. The van der Waals surface area contributed by atoms with Crippen LogP contribution in [-0.4, -0.2) is 45.4 Å². The van der Waals surface area contributed by atoms with Gasteiger partial charge in [0.25, 0.3) is 10.2 Å². The number of rotatable bonds is 7. The summed E-state index contributed by atoms with van der Waals surface area (Å²) in [6.45, 7) is 4.13. The highest BCUT2D eigenvalue weighted by Gasteiger charge is 2.28. The van der Waals surface area contributed by atoms with E-state index in [2.05, 4.69) is 10.0 Å². The molecule has 120 valence electrons.